The summed E-state index contributed by atoms with van der Waals surface area (Å²) in [7, 11) is 3.22. The van der Waals surface area contributed by atoms with Crippen LogP contribution in [0.2, 0.25) is 0 Å². The van der Waals surface area contributed by atoms with Crippen molar-refractivity contribution in [3.63, 3.8) is 0 Å². The number of carbonyl (C=O) groups is 1. The third-order valence-corrected chi connectivity index (χ3v) is 3.04. The van der Waals surface area contributed by atoms with Crippen molar-refractivity contribution in [3.8, 4) is 11.5 Å². The van der Waals surface area contributed by atoms with Crippen molar-refractivity contribution in [1.82, 2.24) is 4.90 Å². The summed E-state index contributed by atoms with van der Waals surface area (Å²) >= 11 is 0. The molecule has 1 amide bonds. The maximum Gasteiger partial charge on any atom is 0.257 e. The van der Waals surface area contributed by atoms with Crippen LogP contribution in [0.25, 0.3) is 0 Å². The minimum absolute atomic E-state index is 0.0456. The minimum atomic E-state index is -0.245. The standard InChI is InChI=1S/C16H17NO3/c1-17(11-12-6-4-3-5-7-12)16(19)14-10-13(20-2)8-9-15(14)18/h3-10,18H,11H2,1-2H3. The van der Waals surface area contributed by atoms with E-state index >= 15 is 0 Å². The number of methoxy groups -OCH3 is 1. The Balaban J connectivity index is 2.18. The van der Waals surface area contributed by atoms with Gasteiger partial charge in [-0.2, -0.15) is 0 Å². The Bertz CT molecular complexity index is 596. The second-order valence-corrected chi connectivity index (χ2v) is 4.53. The van der Waals surface area contributed by atoms with Crippen molar-refractivity contribution in [2.45, 2.75) is 6.54 Å². The topological polar surface area (TPSA) is 49.8 Å². The molecule has 4 heteroatoms. The van der Waals surface area contributed by atoms with Gasteiger partial charge in [-0.1, -0.05) is 30.3 Å². The van der Waals surface area contributed by atoms with Crippen molar-refractivity contribution in [2.75, 3.05) is 14.2 Å². The second kappa shape index (κ2) is 6.10. The van der Waals surface area contributed by atoms with E-state index in [0.29, 0.717) is 12.3 Å². The fourth-order valence-electron chi connectivity index (χ4n) is 1.95. The maximum absolute atomic E-state index is 12.3. The number of ether oxygens (including phenoxy) is 1. The van der Waals surface area contributed by atoms with E-state index in [1.165, 1.54) is 13.2 Å². The highest BCUT2D eigenvalue weighted by atomic mass is 16.5. The maximum atomic E-state index is 12.3. The van der Waals surface area contributed by atoms with E-state index in [-0.39, 0.29) is 17.2 Å². The molecular weight excluding hydrogens is 254 g/mol. The number of phenols is 1. The highest BCUT2D eigenvalue weighted by molar-refractivity contribution is 5.97. The molecule has 2 aromatic carbocycles. The molecule has 0 radical (unpaired) electrons. The van der Waals surface area contributed by atoms with Gasteiger partial charge < -0.3 is 14.7 Å². The monoisotopic (exact) mass is 271 g/mol. The summed E-state index contributed by atoms with van der Waals surface area (Å²) in [5, 5.41) is 9.81. The number of carbonyl (C=O) groups excluding carboxylic acids is 1. The largest absolute Gasteiger partial charge is 0.507 e. The summed E-state index contributed by atoms with van der Waals surface area (Å²) in [6, 6.07) is 14.3. The molecule has 0 atom stereocenters. The summed E-state index contributed by atoms with van der Waals surface area (Å²) in [4.78, 5) is 13.9. The third-order valence-electron chi connectivity index (χ3n) is 3.04. The van der Waals surface area contributed by atoms with Crippen molar-refractivity contribution < 1.29 is 14.6 Å². The van der Waals surface area contributed by atoms with Crippen LogP contribution in [-0.4, -0.2) is 30.1 Å². The van der Waals surface area contributed by atoms with E-state index in [2.05, 4.69) is 0 Å². The zero-order valence-corrected chi connectivity index (χ0v) is 11.5. The minimum Gasteiger partial charge on any atom is -0.507 e. The van der Waals surface area contributed by atoms with Crippen LogP contribution in [0.5, 0.6) is 11.5 Å². The van der Waals surface area contributed by atoms with Gasteiger partial charge in [0.05, 0.1) is 12.7 Å². The van der Waals surface area contributed by atoms with E-state index in [4.69, 9.17) is 4.74 Å². The number of rotatable bonds is 4. The van der Waals surface area contributed by atoms with Gasteiger partial charge in [0.2, 0.25) is 0 Å². The van der Waals surface area contributed by atoms with E-state index in [1.807, 2.05) is 30.3 Å². The Kier molecular flexibility index (Phi) is 4.25. The zero-order chi connectivity index (χ0) is 14.5. The Morgan fingerprint density at radius 3 is 2.55 bits per heavy atom. The lowest BCUT2D eigenvalue weighted by molar-refractivity contribution is 0.0781. The van der Waals surface area contributed by atoms with E-state index in [1.54, 1.807) is 24.1 Å². The molecule has 2 rings (SSSR count). The van der Waals surface area contributed by atoms with Crippen LogP contribution in [0.4, 0.5) is 0 Å². The number of hydrogen-bond acceptors (Lipinski definition) is 3. The van der Waals surface area contributed by atoms with E-state index in [0.717, 1.165) is 5.56 Å². The quantitative estimate of drug-likeness (QED) is 0.930. The van der Waals surface area contributed by atoms with Crippen LogP contribution in [-0.2, 0) is 6.54 Å². The van der Waals surface area contributed by atoms with Gasteiger partial charge in [-0.3, -0.25) is 4.79 Å². The number of phenolic OH excluding ortho intramolecular Hbond substituents is 1. The second-order valence-electron chi connectivity index (χ2n) is 4.53. The summed E-state index contributed by atoms with van der Waals surface area (Å²) in [5.41, 5.74) is 1.27. The number of amides is 1. The molecule has 0 aliphatic rings. The van der Waals surface area contributed by atoms with Gasteiger partial charge in [0.1, 0.15) is 11.5 Å². The first-order valence-corrected chi connectivity index (χ1v) is 6.28. The Morgan fingerprint density at radius 2 is 1.90 bits per heavy atom. The fraction of sp³-hybridized carbons (Fsp3) is 0.188. The van der Waals surface area contributed by atoms with Crippen molar-refractivity contribution in [3.05, 3.63) is 59.7 Å². The first-order chi connectivity index (χ1) is 9.61. The van der Waals surface area contributed by atoms with Gasteiger partial charge in [-0.15, -0.1) is 0 Å². The molecule has 0 spiro atoms. The Hall–Kier alpha value is -2.49. The molecule has 4 nitrogen and oxygen atoms in total. The molecule has 0 fully saturated rings. The number of hydrogen-bond donors (Lipinski definition) is 1. The number of nitrogens with zero attached hydrogens (tertiary/aromatic N) is 1. The van der Waals surface area contributed by atoms with Crippen LogP contribution < -0.4 is 4.74 Å². The van der Waals surface area contributed by atoms with Crippen LogP contribution in [0.3, 0.4) is 0 Å². The lowest BCUT2D eigenvalue weighted by atomic mass is 10.1. The third kappa shape index (κ3) is 3.09. The van der Waals surface area contributed by atoms with E-state index in [9.17, 15) is 9.90 Å². The molecule has 0 aliphatic heterocycles. The lowest BCUT2D eigenvalue weighted by Gasteiger charge is -2.18. The first kappa shape index (κ1) is 13.9. The van der Waals surface area contributed by atoms with Crippen LogP contribution >= 0.6 is 0 Å². The first-order valence-electron chi connectivity index (χ1n) is 6.28. The van der Waals surface area contributed by atoms with Crippen molar-refractivity contribution in [2.24, 2.45) is 0 Å². The Morgan fingerprint density at radius 1 is 1.20 bits per heavy atom. The number of aromatic hydroxyl groups is 1. The van der Waals surface area contributed by atoms with Crippen molar-refractivity contribution in [1.29, 1.82) is 0 Å². The molecule has 0 unspecified atom stereocenters. The molecule has 104 valence electrons. The van der Waals surface area contributed by atoms with Gasteiger partial charge >= 0.3 is 0 Å². The highest BCUT2D eigenvalue weighted by Crippen LogP contribution is 2.24. The molecule has 0 aliphatic carbocycles. The van der Waals surface area contributed by atoms with Crippen molar-refractivity contribution >= 4 is 5.91 Å². The SMILES string of the molecule is COc1ccc(O)c(C(=O)N(C)Cc2ccccc2)c1. The average molecular weight is 271 g/mol. The van der Waals surface area contributed by atoms with Crippen LogP contribution in [0.15, 0.2) is 48.5 Å². The molecule has 0 saturated carbocycles. The molecule has 0 bridgehead atoms. The van der Waals surface area contributed by atoms with E-state index < -0.39 is 0 Å². The number of benzene rings is 2. The van der Waals surface area contributed by atoms with Gasteiger partial charge in [0.15, 0.2) is 0 Å². The Labute approximate surface area is 118 Å². The summed E-state index contributed by atoms with van der Waals surface area (Å²) in [6.45, 7) is 0.482. The molecule has 0 aromatic heterocycles. The molecule has 0 saturated heterocycles. The average Bonchev–Trinajstić information content (AvgIpc) is 2.48. The van der Waals surface area contributed by atoms with Crippen LogP contribution in [0, 0.1) is 0 Å². The molecular formula is C16H17NO3. The lowest BCUT2D eigenvalue weighted by Crippen LogP contribution is -2.26. The normalized spacial score (nSPS) is 10.1. The molecule has 1 N–H and O–H groups in total. The summed E-state index contributed by atoms with van der Waals surface area (Å²) < 4.78 is 5.08. The predicted octanol–water partition coefficient (Wildman–Crippen LogP) is 2.67. The summed E-state index contributed by atoms with van der Waals surface area (Å²) in [6.07, 6.45) is 0. The summed E-state index contributed by atoms with van der Waals surface area (Å²) in [5.74, 6) is 0.250. The molecule has 20 heavy (non-hydrogen) atoms. The van der Waals surface area contributed by atoms with Gasteiger partial charge in [0.25, 0.3) is 5.91 Å². The van der Waals surface area contributed by atoms with Crippen LogP contribution in [0.1, 0.15) is 15.9 Å². The fourth-order valence-corrected chi connectivity index (χ4v) is 1.95. The predicted molar refractivity (Wildman–Crippen MR) is 76.9 cm³/mol. The molecule has 0 heterocycles. The smallest absolute Gasteiger partial charge is 0.257 e. The van der Waals surface area contributed by atoms with Gasteiger partial charge in [0, 0.05) is 13.6 Å². The molecule has 2 aromatic rings. The highest BCUT2D eigenvalue weighted by Gasteiger charge is 2.16. The zero-order valence-electron chi connectivity index (χ0n) is 11.5. The van der Waals surface area contributed by atoms with Gasteiger partial charge in [-0.25, -0.2) is 0 Å². The van der Waals surface area contributed by atoms with Gasteiger partial charge in [-0.05, 0) is 23.8 Å².